The molecule has 0 aliphatic heterocycles. The first-order valence-electron chi connectivity index (χ1n) is 8.23. The largest absolute Gasteiger partial charge is 0.442 e. The van der Waals surface area contributed by atoms with Crippen molar-refractivity contribution in [2.24, 2.45) is 5.92 Å². The number of carbonyl (C=O) groups is 1. The fraction of sp³-hybridized carbons (Fsp3) is 0.316. The Kier molecular flexibility index (Phi) is 4.44. The van der Waals surface area contributed by atoms with Crippen LogP contribution in [-0.2, 0) is 6.54 Å². The Morgan fingerprint density at radius 2 is 1.92 bits per heavy atom. The second-order valence-electron chi connectivity index (χ2n) is 6.63. The molecule has 6 heteroatoms. The van der Waals surface area contributed by atoms with Crippen LogP contribution in [0.4, 0.5) is 5.69 Å². The molecule has 6 nitrogen and oxygen atoms in total. The van der Waals surface area contributed by atoms with Crippen LogP contribution in [0, 0.1) is 19.8 Å². The molecule has 0 saturated heterocycles. The smallest absolute Gasteiger partial charge is 0.265 e. The molecule has 0 aliphatic rings. The van der Waals surface area contributed by atoms with Crippen LogP contribution in [0.1, 0.15) is 35.5 Å². The molecule has 0 aliphatic carbocycles. The minimum absolute atomic E-state index is 0.191. The van der Waals surface area contributed by atoms with Gasteiger partial charge in [-0.1, -0.05) is 31.5 Å². The number of furan rings is 1. The van der Waals surface area contributed by atoms with Crippen molar-refractivity contribution in [3.63, 3.8) is 0 Å². The van der Waals surface area contributed by atoms with E-state index in [1.807, 2.05) is 45.0 Å². The molecule has 0 spiro atoms. The molecule has 0 fully saturated rings. The molecule has 2 aromatic heterocycles. The number of nitrogens with zero attached hydrogens (tertiary/aromatic N) is 2. The normalized spacial score (nSPS) is 11.2. The van der Waals surface area contributed by atoms with Gasteiger partial charge >= 0.3 is 0 Å². The number of carbonyl (C=O) groups excluding carboxylic acids is 1. The summed E-state index contributed by atoms with van der Waals surface area (Å²) in [5.74, 6) is 0.294. The second-order valence-corrected chi connectivity index (χ2v) is 6.63. The molecule has 1 amide bonds. The summed E-state index contributed by atoms with van der Waals surface area (Å²) >= 11 is 0. The molecule has 0 atom stereocenters. The molecule has 3 aromatic rings. The van der Waals surface area contributed by atoms with Crippen molar-refractivity contribution in [1.82, 2.24) is 9.55 Å². The van der Waals surface area contributed by atoms with Crippen LogP contribution in [0.25, 0.3) is 11.1 Å². The minimum Gasteiger partial charge on any atom is -0.442 e. The molecule has 0 saturated carbocycles. The zero-order chi connectivity index (χ0) is 18.1. The van der Waals surface area contributed by atoms with Crippen LogP contribution in [0.2, 0.25) is 0 Å². The summed E-state index contributed by atoms with van der Waals surface area (Å²) in [5, 5.41) is 3.04. The molecule has 0 radical (unpaired) electrons. The third-order valence-corrected chi connectivity index (χ3v) is 3.95. The highest BCUT2D eigenvalue weighted by Gasteiger charge is 2.23. The highest BCUT2D eigenvalue weighted by atomic mass is 16.3. The number of nitrogens with one attached hydrogen (secondary N) is 1. The lowest BCUT2D eigenvalue weighted by atomic mass is 10.1. The number of benzene rings is 1. The first-order chi connectivity index (χ1) is 11.9. The highest BCUT2D eigenvalue weighted by molar-refractivity contribution is 6.12. The monoisotopic (exact) mass is 339 g/mol. The molecule has 130 valence electrons. The van der Waals surface area contributed by atoms with E-state index >= 15 is 0 Å². The van der Waals surface area contributed by atoms with Crippen molar-refractivity contribution < 1.29 is 9.21 Å². The van der Waals surface area contributed by atoms with E-state index < -0.39 is 0 Å². The van der Waals surface area contributed by atoms with Gasteiger partial charge in [0.05, 0.1) is 5.56 Å². The number of fused-ring (bicyclic) bond motifs is 1. The van der Waals surface area contributed by atoms with Gasteiger partial charge in [0.2, 0.25) is 5.71 Å². The Hall–Kier alpha value is -2.89. The lowest BCUT2D eigenvalue weighted by Crippen LogP contribution is -2.24. The van der Waals surface area contributed by atoms with E-state index in [-0.39, 0.29) is 34.0 Å². The Morgan fingerprint density at radius 3 is 2.56 bits per heavy atom. The molecular weight excluding hydrogens is 318 g/mol. The van der Waals surface area contributed by atoms with Crippen molar-refractivity contribution in [2.75, 3.05) is 5.32 Å². The molecule has 0 bridgehead atoms. The second kappa shape index (κ2) is 6.55. The number of hydrogen-bond donors (Lipinski definition) is 1. The van der Waals surface area contributed by atoms with Crippen molar-refractivity contribution >= 4 is 22.7 Å². The fourth-order valence-electron chi connectivity index (χ4n) is 2.76. The van der Waals surface area contributed by atoms with Crippen LogP contribution in [-0.4, -0.2) is 15.5 Å². The SMILES string of the molecule is Cc1ccc(NC(=O)c2c(C)oc3ncn(CC(C)C)c(=O)c23)cc1. The zero-order valence-electron chi connectivity index (χ0n) is 14.8. The van der Waals surface area contributed by atoms with E-state index in [1.165, 1.54) is 10.9 Å². The van der Waals surface area contributed by atoms with Gasteiger partial charge in [-0.25, -0.2) is 4.98 Å². The first kappa shape index (κ1) is 17.0. The Balaban J connectivity index is 2.05. The summed E-state index contributed by atoms with van der Waals surface area (Å²) in [5.41, 5.74) is 1.94. The predicted octanol–water partition coefficient (Wildman–Crippen LogP) is 3.51. The molecule has 2 heterocycles. The Bertz CT molecular complexity index is 982. The molecule has 0 unspecified atom stereocenters. The lowest BCUT2D eigenvalue weighted by molar-refractivity contribution is 0.102. The Labute approximate surface area is 145 Å². The molecule has 3 rings (SSSR count). The zero-order valence-corrected chi connectivity index (χ0v) is 14.8. The van der Waals surface area contributed by atoms with Gasteiger partial charge < -0.3 is 9.73 Å². The summed E-state index contributed by atoms with van der Waals surface area (Å²) in [6.45, 7) is 8.20. The standard InChI is InChI=1S/C19H21N3O3/c1-11(2)9-22-10-20-18-16(19(22)24)15(13(4)25-18)17(23)21-14-7-5-12(3)6-8-14/h5-8,10-11H,9H2,1-4H3,(H,21,23). The van der Waals surface area contributed by atoms with Gasteiger partial charge in [0.25, 0.3) is 11.5 Å². The van der Waals surface area contributed by atoms with Gasteiger partial charge in [-0.05, 0) is 31.9 Å². The summed E-state index contributed by atoms with van der Waals surface area (Å²) in [6.07, 6.45) is 1.47. The fourth-order valence-corrected chi connectivity index (χ4v) is 2.76. The molecule has 25 heavy (non-hydrogen) atoms. The van der Waals surface area contributed by atoms with Crippen molar-refractivity contribution in [3.8, 4) is 0 Å². The molecule has 1 aromatic carbocycles. The van der Waals surface area contributed by atoms with E-state index in [0.29, 0.717) is 18.0 Å². The summed E-state index contributed by atoms with van der Waals surface area (Å²) in [6, 6.07) is 7.46. The number of aromatic nitrogens is 2. The van der Waals surface area contributed by atoms with Crippen LogP contribution < -0.4 is 10.9 Å². The summed E-state index contributed by atoms with van der Waals surface area (Å²) < 4.78 is 7.05. The van der Waals surface area contributed by atoms with Crippen molar-refractivity contribution in [2.45, 2.75) is 34.2 Å². The number of hydrogen-bond acceptors (Lipinski definition) is 4. The highest BCUT2D eigenvalue weighted by Crippen LogP contribution is 2.22. The van der Waals surface area contributed by atoms with E-state index in [4.69, 9.17) is 4.42 Å². The predicted molar refractivity (Wildman–Crippen MR) is 97.0 cm³/mol. The topological polar surface area (TPSA) is 77.1 Å². The number of rotatable bonds is 4. The quantitative estimate of drug-likeness (QED) is 0.789. The first-order valence-corrected chi connectivity index (χ1v) is 8.23. The van der Waals surface area contributed by atoms with Crippen LogP contribution >= 0.6 is 0 Å². The summed E-state index contributed by atoms with van der Waals surface area (Å²) in [4.78, 5) is 29.7. The van der Waals surface area contributed by atoms with E-state index in [1.54, 1.807) is 6.92 Å². The maximum Gasteiger partial charge on any atom is 0.265 e. The van der Waals surface area contributed by atoms with Crippen LogP contribution in [0.5, 0.6) is 0 Å². The van der Waals surface area contributed by atoms with Crippen molar-refractivity contribution in [3.05, 3.63) is 57.8 Å². The third kappa shape index (κ3) is 3.33. The van der Waals surface area contributed by atoms with Gasteiger partial charge in [0.15, 0.2) is 0 Å². The van der Waals surface area contributed by atoms with Gasteiger partial charge in [0.1, 0.15) is 17.5 Å². The summed E-state index contributed by atoms with van der Waals surface area (Å²) in [7, 11) is 0. The van der Waals surface area contributed by atoms with Gasteiger partial charge in [0, 0.05) is 12.2 Å². The maximum atomic E-state index is 12.8. The minimum atomic E-state index is -0.374. The van der Waals surface area contributed by atoms with Gasteiger partial charge in [-0.3, -0.25) is 14.2 Å². The van der Waals surface area contributed by atoms with Gasteiger partial charge in [-0.2, -0.15) is 0 Å². The molecule has 1 N–H and O–H groups in total. The Morgan fingerprint density at radius 1 is 1.24 bits per heavy atom. The van der Waals surface area contributed by atoms with Crippen LogP contribution in [0.15, 0.2) is 39.8 Å². The van der Waals surface area contributed by atoms with Crippen LogP contribution in [0.3, 0.4) is 0 Å². The number of amides is 1. The van der Waals surface area contributed by atoms with E-state index in [9.17, 15) is 9.59 Å². The average molecular weight is 339 g/mol. The van der Waals surface area contributed by atoms with Crippen molar-refractivity contribution in [1.29, 1.82) is 0 Å². The van der Waals surface area contributed by atoms with E-state index in [2.05, 4.69) is 10.3 Å². The third-order valence-electron chi connectivity index (χ3n) is 3.95. The lowest BCUT2D eigenvalue weighted by Gasteiger charge is -2.08. The average Bonchev–Trinajstić information content (AvgIpc) is 2.89. The van der Waals surface area contributed by atoms with E-state index in [0.717, 1.165) is 5.56 Å². The maximum absolute atomic E-state index is 12.8. The number of anilines is 1. The van der Waals surface area contributed by atoms with Gasteiger partial charge in [-0.15, -0.1) is 0 Å². The molecular formula is C19H21N3O3. The number of aryl methyl sites for hydroxylation is 2.